The SMILES string of the molecule is CCC1O[C@@H]2OC(C)=N[C@H]2C(OC(C)=O)[C@H]1C. The van der Waals surface area contributed by atoms with Gasteiger partial charge in [-0.05, 0) is 6.42 Å². The first-order chi connectivity index (χ1) is 8.02. The van der Waals surface area contributed by atoms with E-state index in [9.17, 15) is 4.79 Å². The molecule has 2 unspecified atom stereocenters. The summed E-state index contributed by atoms with van der Waals surface area (Å²) < 4.78 is 16.7. The van der Waals surface area contributed by atoms with Gasteiger partial charge in [0.25, 0.3) is 0 Å². The molecule has 2 aliphatic heterocycles. The molecule has 0 radical (unpaired) electrons. The van der Waals surface area contributed by atoms with Crippen molar-refractivity contribution in [3.05, 3.63) is 0 Å². The van der Waals surface area contributed by atoms with E-state index in [4.69, 9.17) is 14.2 Å². The first-order valence-electron chi connectivity index (χ1n) is 6.06. The minimum atomic E-state index is -0.402. The molecule has 17 heavy (non-hydrogen) atoms. The fourth-order valence-electron chi connectivity index (χ4n) is 2.53. The summed E-state index contributed by atoms with van der Waals surface area (Å²) in [5.74, 6) is 0.446. The van der Waals surface area contributed by atoms with Crippen LogP contribution in [0.25, 0.3) is 0 Å². The number of hydrogen-bond acceptors (Lipinski definition) is 5. The van der Waals surface area contributed by atoms with Crippen molar-refractivity contribution in [1.82, 2.24) is 0 Å². The Kier molecular flexibility index (Phi) is 3.38. The summed E-state index contributed by atoms with van der Waals surface area (Å²) in [6, 6.07) is -0.225. The van der Waals surface area contributed by atoms with Gasteiger partial charge in [0.05, 0.1) is 6.10 Å². The third kappa shape index (κ3) is 2.29. The van der Waals surface area contributed by atoms with Crippen molar-refractivity contribution < 1.29 is 19.0 Å². The average molecular weight is 241 g/mol. The Morgan fingerprint density at radius 2 is 2.24 bits per heavy atom. The summed E-state index contributed by atoms with van der Waals surface area (Å²) in [4.78, 5) is 15.5. The lowest BCUT2D eigenvalue weighted by atomic mass is 9.88. The van der Waals surface area contributed by atoms with Crippen LogP contribution in [0.5, 0.6) is 0 Å². The van der Waals surface area contributed by atoms with E-state index < -0.39 is 6.29 Å². The standard InChI is InChI=1S/C12H19NO4/c1-5-9-6(2)11(16-8(4)14)10-12(17-9)15-7(3)13-10/h6,9-12H,5H2,1-4H3/t6-,9?,10-,11?,12-/m0/s1. The van der Waals surface area contributed by atoms with Crippen molar-refractivity contribution in [2.45, 2.75) is 58.7 Å². The topological polar surface area (TPSA) is 57.1 Å². The molecule has 0 aromatic heterocycles. The van der Waals surface area contributed by atoms with E-state index in [2.05, 4.69) is 11.9 Å². The molecule has 2 rings (SSSR count). The summed E-state index contributed by atoms with van der Waals surface area (Å²) in [7, 11) is 0. The molecule has 96 valence electrons. The molecule has 1 fully saturated rings. The summed E-state index contributed by atoms with van der Waals surface area (Å²) in [6.07, 6.45) is 0.251. The maximum Gasteiger partial charge on any atom is 0.302 e. The summed E-state index contributed by atoms with van der Waals surface area (Å²) in [5, 5.41) is 0. The largest absolute Gasteiger partial charge is 0.460 e. The highest BCUT2D eigenvalue weighted by molar-refractivity contribution is 5.75. The molecule has 5 nitrogen and oxygen atoms in total. The van der Waals surface area contributed by atoms with Gasteiger partial charge in [-0.2, -0.15) is 0 Å². The highest BCUT2D eigenvalue weighted by atomic mass is 16.7. The van der Waals surface area contributed by atoms with Crippen LogP contribution >= 0.6 is 0 Å². The van der Waals surface area contributed by atoms with Gasteiger partial charge in [-0.3, -0.25) is 4.79 Å². The fourth-order valence-corrected chi connectivity index (χ4v) is 2.53. The Labute approximate surface area is 101 Å². The molecule has 0 N–H and O–H groups in total. The van der Waals surface area contributed by atoms with Crippen LogP contribution in [0, 0.1) is 5.92 Å². The van der Waals surface area contributed by atoms with Gasteiger partial charge in [0, 0.05) is 19.8 Å². The summed E-state index contributed by atoms with van der Waals surface area (Å²) >= 11 is 0. The maximum absolute atomic E-state index is 11.2. The monoisotopic (exact) mass is 241 g/mol. The molecule has 5 atom stereocenters. The Morgan fingerprint density at radius 1 is 1.53 bits per heavy atom. The molecule has 5 heteroatoms. The number of nitrogens with zero attached hydrogens (tertiary/aromatic N) is 1. The van der Waals surface area contributed by atoms with E-state index in [-0.39, 0.29) is 30.1 Å². The highest BCUT2D eigenvalue weighted by Gasteiger charge is 2.49. The molecule has 0 aromatic carbocycles. The lowest BCUT2D eigenvalue weighted by molar-refractivity contribution is -0.214. The lowest BCUT2D eigenvalue weighted by Crippen LogP contribution is -2.53. The predicted octanol–water partition coefficient (Wildman–Crippen LogP) is 1.51. The van der Waals surface area contributed by atoms with Crippen molar-refractivity contribution in [3.8, 4) is 0 Å². The summed E-state index contributed by atoms with van der Waals surface area (Å²) in [5.41, 5.74) is 0. The van der Waals surface area contributed by atoms with Crippen LogP contribution in [-0.2, 0) is 19.0 Å². The van der Waals surface area contributed by atoms with E-state index in [0.29, 0.717) is 5.90 Å². The first kappa shape index (κ1) is 12.4. The quantitative estimate of drug-likeness (QED) is 0.687. The zero-order valence-electron chi connectivity index (χ0n) is 10.7. The molecule has 2 heterocycles. The molecule has 2 aliphatic rings. The molecule has 1 saturated heterocycles. The van der Waals surface area contributed by atoms with E-state index in [1.807, 2.05) is 6.92 Å². The first-order valence-corrected chi connectivity index (χ1v) is 6.06. The van der Waals surface area contributed by atoms with Crippen LogP contribution in [0.15, 0.2) is 4.99 Å². The maximum atomic E-state index is 11.2. The van der Waals surface area contributed by atoms with Crippen molar-refractivity contribution in [2.75, 3.05) is 0 Å². The zero-order chi connectivity index (χ0) is 12.6. The number of ether oxygens (including phenoxy) is 3. The van der Waals surface area contributed by atoms with Crippen LogP contribution < -0.4 is 0 Å². The molecule has 0 saturated carbocycles. The third-order valence-electron chi connectivity index (χ3n) is 3.35. The third-order valence-corrected chi connectivity index (χ3v) is 3.35. The van der Waals surface area contributed by atoms with E-state index in [0.717, 1.165) is 6.42 Å². The minimum Gasteiger partial charge on any atom is -0.460 e. The van der Waals surface area contributed by atoms with Crippen LogP contribution in [0.2, 0.25) is 0 Å². The number of carbonyl (C=O) groups excluding carboxylic acids is 1. The number of esters is 1. The fraction of sp³-hybridized carbons (Fsp3) is 0.833. The molecular weight excluding hydrogens is 222 g/mol. The van der Waals surface area contributed by atoms with Gasteiger partial charge in [-0.25, -0.2) is 4.99 Å². The highest BCUT2D eigenvalue weighted by Crippen LogP contribution is 2.34. The number of hydrogen-bond donors (Lipinski definition) is 0. The second-order valence-corrected chi connectivity index (χ2v) is 4.64. The van der Waals surface area contributed by atoms with Gasteiger partial charge in [0.15, 0.2) is 11.9 Å². The number of aliphatic imine (C=N–C) groups is 1. The summed E-state index contributed by atoms with van der Waals surface area (Å²) in [6.45, 7) is 7.29. The Morgan fingerprint density at radius 3 is 2.82 bits per heavy atom. The molecule has 0 aromatic rings. The van der Waals surface area contributed by atoms with Crippen LogP contribution in [0.3, 0.4) is 0 Å². The Hall–Kier alpha value is -1.10. The number of rotatable bonds is 2. The van der Waals surface area contributed by atoms with E-state index in [1.165, 1.54) is 6.92 Å². The van der Waals surface area contributed by atoms with Gasteiger partial charge >= 0.3 is 5.97 Å². The van der Waals surface area contributed by atoms with Gasteiger partial charge in [0.2, 0.25) is 6.29 Å². The van der Waals surface area contributed by atoms with Crippen LogP contribution in [0.1, 0.15) is 34.1 Å². The second-order valence-electron chi connectivity index (χ2n) is 4.64. The van der Waals surface area contributed by atoms with Gasteiger partial charge in [0.1, 0.15) is 6.10 Å². The molecule has 0 aliphatic carbocycles. The Bertz CT molecular complexity index is 341. The minimum absolute atomic E-state index is 0.0432. The van der Waals surface area contributed by atoms with Crippen molar-refractivity contribution in [2.24, 2.45) is 10.9 Å². The molecule has 0 amide bonds. The van der Waals surface area contributed by atoms with Gasteiger partial charge < -0.3 is 14.2 Å². The Balaban J connectivity index is 2.19. The average Bonchev–Trinajstić information content (AvgIpc) is 2.62. The molecule has 0 bridgehead atoms. The van der Waals surface area contributed by atoms with Gasteiger partial charge in [-0.15, -0.1) is 0 Å². The van der Waals surface area contributed by atoms with E-state index >= 15 is 0 Å². The van der Waals surface area contributed by atoms with Gasteiger partial charge in [-0.1, -0.05) is 13.8 Å². The predicted molar refractivity (Wildman–Crippen MR) is 61.7 cm³/mol. The second kappa shape index (κ2) is 4.64. The molecular formula is C12H19NO4. The van der Waals surface area contributed by atoms with Crippen LogP contribution in [0.4, 0.5) is 0 Å². The number of carbonyl (C=O) groups is 1. The van der Waals surface area contributed by atoms with Crippen molar-refractivity contribution in [3.63, 3.8) is 0 Å². The smallest absolute Gasteiger partial charge is 0.302 e. The zero-order valence-corrected chi connectivity index (χ0v) is 10.7. The van der Waals surface area contributed by atoms with Crippen molar-refractivity contribution in [1.29, 1.82) is 0 Å². The number of fused-ring (bicyclic) bond motifs is 1. The van der Waals surface area contributed by atoms with Crippen molar-refractivity contribution >= 4 is 11.9 Å². The van der Waals surface area contributed by atoms with Crippen LogP contribution in [-0.4, -0.2) is 36.4 Å². The molecule has 0 spiro atoms. The lowest BCUT2D eigenvalue weighted by Gasteiger charge is -2.40. The van der Waals surface area contributed by atoms with E-state index in [1.54, 1.807) is 6.92 Å². The normalized spacial score (nSPS) is 40.2.